The van der Waals surface area contributed by atoms with Crippen molar-refractivity contribution in [2.75, 3.05) is 5.32 Å². The van der Waals surface area contributed by atoms with Gasteiger partial charge in [0.2, 0.25) is 0 Å². The average molecular weight is 331 g/mol. The maximum atomic E-state index is 11.1. The van der Waals surface area contributed by atoms with E-state index >= 15 is 0 Å². The number of nitrogens with zero attached hydrogens (tertiary/aromatic N) is 3. The van der Waals surface area contributed by atoms with E-state index in [9.17, 15) is 9.90 Å². The molecule has 0 unspecified atom stereocenters. The Bertz CT molecular complexity index is 750. The van der Waals surface area contributed by atoms with Gasteiger partial charge in [-0.1, -0.05) is 0 Å². The van der Waals surface area contributed by atoms with E-state index in [0.717, 1.165) is 11.4 Å². The summed E-state index contributed by atoms with van der Waals surface area (Å²) in [5.74, 6) is 0.315. The van der Waals surface area contributed by atoms with Gasteiger partial charge in [0, 0.05) is 23.5 Å². The number of nitrogens with one attached hydrogen (secondary N) is 2. The van der Waals surface area contributed by atoms with Crippen LogP contribution in [-0.2, 0) is 10.4 Å². The number of aryl methyl sites for hydroxylation is 2. The van der Waals surface area contributed by atoms with Crippen LogP contribution < -0.4 is 5.32 Å². The summed E-state index contributed by atoms with van der Waals surface area (Å²) in [6.45, 7) is 3.73. The van der Waals surface area contributed by atoms with Crippen LogP contribution in [0.1, 0.15) is 42.9 Å². The minimum absolute atomic E-state index is 0.334. The Morgan fingerprint density at radius 1 is 1.25 bits per heavy atom. The van der Waals surface area contributed by atoms with Crippen LogP contribution in [0.4, 0.5) is 11.6 Å². The standard InChI is InChI=1S/C16H21N5O3/c1-9-7-12(18-13-8-10(2)20-21-13)19-15(17-9)16(24)5-3-11(4-6-16)14(22)23/h7-8,11,24H,3-6H2,1-2H3,(H,22,23)(H2,17,18,19,20,21)/t11-,16+. The third-order valence-corrected chi connectivity index (χ3v) is 4.39. The highest BCUT2D eigenvalue weighted by atomic mass is 16.4. The molecule has 24 heavy (non-hydrogen) atoms. The molecular formula is C16H21N5O3. The number of H-pyrrole nitrogens is 1. The number of carboxylic acids is 1. The van der Waals surface area contributed by atoms with Crippen LogP contribution in [0, 0.1) is 19.8 Å². The number of aliphatic carboxylic acids is 1. The van der Waals surface area contributed by atoms with E-state index in [2.05, 4.69) is 25.5 Å². The second-order valence-electron chi connectivity index (χ2n) is 6.42. The van der Waals surface area contributed by atoms with Gasteiger partial charge in [0.25, 0.3) is 0 Å². The van der Waals surface area contributed by atoms with Crippen LogP contribution in [0.25, 0.3) is 0 Å². The van der Waals surface area contributed by atoms with Crippen LogP contribution in [0.2, 0.25) is 0 Å². The van der Waals surface area contributed by atoms with Gasteiger partial charge in [-0.25, -0.2) is 9.97 Å². The summed E-state index contributed by atoms with van der Waals surface area (Å²) in [7, 11) is 0. The largest absolute Gasteiger partial charge is 0.481 e. The summed E-state index contributed by atoms with van der Waals surface area (Å²) >= 11 is 0. The smallest absolute Gasteiger partial charge is 0.306 e. The Morgan fingerprint density at radius 2 is 1.96 bits per heavy atom. The fourth-order valence-corrected chi connectivity index (χ4v) is 3.02. The highest BCUT2D eigenvalue weighted by Crippen LogP contribution is 2.38. The van der Waals surface area contributed by atoms with Crippen molar-refractivity contribution < 1.29 is 15.0 Å². The predicted octanol–water partition coefficient (Wildman–Crippen LogP) is 2.02. The fraction of sp³-hybridized carbons (Fsp3) is 0.500. The molecule has 8 nitrogen and oxygen atoms in total. The summed E-state index contributed by atoms with van der Waals surface area (Å²) in [5.41, 5.74) is 0.466. The summed E-state index contributed by atoms with van der Waals surface area (Å²) in [6.07, 6.45) is 1.53. The molecule has 1 fully saturated rings. The molecule has 3 rings (SSSR count). The minimum Gasteiger partial charge on any atom is -0.481 e. The van der Waals surface area contributed by atoms with E-state index in [4.69, 9.17) is 5.11 Å². The number of aromatic nitrogens is 4. The van der Waals surface area contributed by atoms with Crippen molar-refractivity contribution >= 4 is 17.6 Å². The van der Waals surface area contributed by atoms with Crippen LogP contribution in [-0.4, -0.2) is 36.3 Å². The summed E-state index contributed by atoms with van der Waals surface area (Å²) in [6, 6.07) is 3.63. The van der Waals surface area contributed by atoms with E-state index in [-0.39, 0.29) is 0 Å². The first-order valence-electron chi connectivity index (χ1n) is 7.96. The molecule has 0 saturated heterocycles. The molecule has 0 radical (unpaired) electrons. The lowest BCUT2D eigenvalue weighted by atomic mass is 9.78. The number of hydrogen-bond donors (Lipinski definition) is 4. The van der Waals surface area contributed by atoms with E-state index in [1.807, 2.05) is 19.9 Å². The Balaban J connectivity index is 1.82. The topological polar surface area (TPSA) is 124 Å². The Morgan fingerprint density at radius 3 is 2.54 bits per heavy atom. The second kappa shape index (κ2) is 6.20. The van der Waals surface area contributed by atoms with E-state index in [1.54, 1.807) is 6.07 Å². The van der Waals surface area contributed by atoms with E-state index in [0.29, 0.717) is 43.1 Å². The van der Waals surface area contributed by atoms with Crippen molar-refractivity contribution in [2.45, 2.75) is 45.1 Å². The molecule has 2 heterocycles. The molecular weight excluding hydrogens is 310 g/mol. The zero-order valence-electron chi connectivity index (χ0n) is 13.7. The quantitative estimate of drug-likeness (QED) is 0.675. The molecule has 8 heteroatoms. The van der Waals surface area contributed by atoms with Crippen LogP contribution >= 0.6 is 0 Å². The average Bonchev–Trinajstić information content (AvgIpc) is 2.92. The molecule has 128 valence electrons. The van der Waals surface area contributed by atoms with Gasteiger partial charge in [0.1, 0.15) is 11.4 Å². The van der Waals surface area contributed by atoms with Crippen molar-refractivity contribution in [1.29, 1.82) is 0 Å². The van der Waals surface area contributed by atoms with Crippen molar-refractivity contribution in [3.63, 3.8) is 0 Å². The number of anilines is 2. The lowest BCUT2D eigenvalue weighted by molar-refractivity contribution is -0.145. The number of hydrogen-bond acceptors (Lipinski definition) is 6. The molecule has 2 aromatic heterocycles. The summed E-state index contributed by atoms with van der Waals surface area (Å²) in [5, 5.41) is 30.0. The van der Waals surface area contributed by atoms with Gasteiger partial charge < -0.3 is 15.5 Å². The molecule has 2 aromatic rings. The Labute approximate surface area is 139 Å². The first-order chi connectivity index (χ1) is 11.4. The van der Waals surface area contributed by atoms with Crippen molar-refractivity contribution in [2.24, 2.45) is 5.92 Å². The molecule has 1 aliphatic rings. The number of carboxylic acid groups (broad SMARTS) is 1. The third kappa shape index (κ3) is 3.38. The number of aromatic amines is 1. The SMILES string of the molecule is Cc1cc(Nc2cc(C)[nH]n2)nc([C@]2(O)CC[C@@H](C(=O)O)CC2)n1. The molecule has 4 N–H and O–H groups in total. The number of carbonyl (C=O) groups is 1. The van der Waals surface area contributed by atoms with Gasteiger partial charge >= 0.3 is 5.97 Å². The minimum atomic E-state index is -1.18. The maximum Gasteiger partial charge on any atom is 0.306 e. The van der Waals surface area contributed by atoms with Crippen molar-refractivity contribution in [3.05, 3.63) is 29.3 Å². The van der Waals surface area contributed by atoms with Crippen molar-refractivity contribution in [3.8, 4) is 0 Å². The van der Waals surface area contributed by atoms with Gasteiger partial charge in [-0.05, 0) is 39.5 Å². The van der Waals surface area contributed by atoms with Gasteiger partial charge in [-0.15, -0.1) is 0 Å². The molecule has 0 aromatic carbocycles. The van der Waals surface area contributed by atoms with Gasteiger partial charge in [0.15, 0.2) is 11.6 Å². The number of rotatable bonds is 4. The Kier molecular flexibility index (Phi) is 4.23. The molecule has 0 bridgehead atoms. The van der Waals surface area contributed by atoms with E-state index in [1.165, 1.54) is 0 Å². The normalized spacial score (nSPS) is 23.9. The highest BCUT2D eigenvalue weighted by molar-refractivity contribution is 5.70. The first kappa shape index (κ1) is 16.4. The lowest BCUT2D eigenvalue weighted by Crippen LogP contribution is -2.35. The third-order valence-electron chi connectivity index (χ3n) is 4.39. The Hall–Kier alpha value is -2.48. The summed E-state index contributed by atoms with van der Waals surface area (Å²) < 4.78 is 0. The van der Waals surface area contributed by atoms with Crippen molar-refractivity contribution in [1.82, 2.24) is 20.2 Å². The highest BCUT2D eigenvalue weighted by Gasteiger charge is 2.39. The van der Waals surface area contributed by atoms with Crippen LogP contribution in [0.3, 0.4) is 0 Å². The summed E-state index contributed by atoms with van der Waals surface area (Å²) in [4.78, 5) is 19.9. The van der Waals surface area contributed by atoms with E-state index < -0.39 is 17.5 Å². The molecule has 0 amide bonds. The fourth-order valence-electron chi connectivity index (χ4n) is 3.02. The second-order valence-corrected chi connectivity index (χ2v) is 6.42. The predicted molar refractivity (Wildman–Crippen MR) is 86.9 cm³/mol. The number of aliphatic hydroxyl groups is 1. The monoisotopic (exact) mass is 331 g/mol. The van der Waals surface area contributed by atoms with Gasteiger partial charge in [-0.3, -0.25) is 9.89 Å². The molecule has 0 spiro atoms. The molecule has 0 aliphatic heterocycles. The zero-order valence-corrected chi connectivity index (χ0v) is 13.7. The lowest BCUT2D eigenvalue weighted by Gasteiger charge is -2.33. The zero-order chi connectivity index (χ0) is 17.3. The molecule has 0 atom stereocenters. The van der Waals surface area contributed by atoms with Crippen LogP contribution in [0.5, 0.6) is 0 Å². The maximum absolute atomic E-state index is 11.1. The van der Waals surface area contributed by atoms with Gasteiger partial charge in [0.05, 0.1) is 5.92 Å². The molecule has 1 saturated carbocycles. The molecule has 1 aliphatic carbocycles. The van der Waals surface area contributed by atoms with Gasteiger partial charge in [-0.2, -0.15) is 5.10 Å². The van der Waals surface area contributed by atoms with Crippen LogP contribution in [0.15, 0.2) is 12.1 Å². The first-order valence-corrected chi connectivity index (χ1v) is 7.96.